The van der Waals surface area contributed by atoms with Crippen LogP contribution in [0.5, 0.6) is 0 Å². The Morgan fingerprint density at radius 2 is 1.76 bits per heavy atom. The summed E-state index contributed by atoms with van der Waals surface area (Å²) in [6.45, 7) is -0.177. The first kappa shape index (κ1) is 19.6. The van der Waals surface area contributed by atoms with E-state index in [-0.39, 0.29) is 36.4 Å². The second kappa shape index (κ2) is 8.55. The van der Waals surface area contributed by atoms with E-state index in [1.165, 1.54) is 30.3 Å². The maximum atomic E-state index is 13.9. The summed E-state index contributed by atoms with van der Waals surface area (Å²) >= 11 is 3.25. The fourth-order valence-corrected chi connectivity index (χ4v) is 3.98. The van der Waals surface area contributed by atoms with Gasteiger partial charge in [-0.3, -0.25) is 4.79 Å². The summed E-state index contributed by atoms with van der Waals surface area (Å²) in [4.78, 5) is 10.8. The lowest BCUT2D eigenvalue weighted by atomic mass is 10.2. The molecule has 1 N–H and O–H groups in total. The Labute approximate surface area is 154 Å². The van der Waals surface area contributed by atoms with E-state index in [9.17, 15) is 17.6 Å². The summed E-state index contributed by atoms with van der Waals surface area (Å²) in [5, 5.41) is 8.78. The van der Waals surface area contributed by atoms with Crippen LogP contribution < -0.4 is 0 Å². The normalized spacial score (nSPS) is 11.6. The molecule has 25 heavy (non-hydrogen) atoms. The van der Waals surface area contributed by atoms with Gasteiger partial charge in [0.2, 0.25) is 10.0 Å². The quantitative estimate of drug-likeness (QED) is 0.694. The zero-order valence-electron chi connectivity index (χ0n) is 13.2. The number of carbonyl (C=O) groups is 1. The number of hydrogen-bond donors (Lipinski definition) is 1. The fraction of sp³-hybridized carbons (Fsp3) is 0.235. The molecule has 0 aliphatic heterocycles. The number of sulfonamides is 1. The van der Waals surface area contributed by atoms with Gasteiger partial charge in [0.25, 0.3) is 0 Å². The molecule has 0 saturated carbocycles. The molecular formula is C17H17BrFNO4S. The maximum absolute atomic E-state index is 13.9. The van der Waals surface area contributed by atoms with E-state index in [4.69, 9.17) is 5.11 Å². The van der Waals surface area contributed by atoms with Gasteiger partial charge in [0.05, 0.1) is 4.90 Å². The third-order valence-corrected chi connectivity index (χ3v) is 5.94. The lowest BCUT2D eigenvalue weighted by Gasteiger charge is -2.22. The summed E-state index contributed by atoms with van der Waals surface area (Å²) in [5.41, 5.74) is 0.235. The second-order valence-corrected chi connectivity index (χ2v) is 8.23. The minimum atomic E-state index is -3.88. The fourth-order valence-electron chi connectivity index (χ4n) is 2.26. The van der Waals surface area contributed by atoms with E-state index in [1.54, 1.807) is 18.2 Å². The summed E-state index contributed by atoms with van der Waals surface area (Å²) in [6, 6.07) is 12.0. The molecule has 0 radical (unpaired) electrons. The molecular weight excluding hydrogens is 413 g/mol. The van der Waals surface area contributed by atoms with Crippen molar-refractivity contribution in [2.24, 2.45) is 0 Å². The summed E-state index contributed by atoms with van der Waals surface area (Å²) in [6.07, 6.45) is -0.0246. The summed E-state index contributed by atoms with van der Waals surface area (Å²) < 4.78 is 41.5. The maximum Gasteiger partial charge on any atom is 0.303 e. The van der Waals surface area contributed by atoms with Gasteiger partial charge in [0.15, 0.2) is 0 Å². The SMILES string of the molecule is O=C(O)CCCN(Cc1ccccc1F)S(=O)(=O)c1ccc(Br)cc1. The molecule has 0 amide bonds. The predicted octanol–water partition coefficient (Wildman–Crippen LogP) is 3.64. The zero-order valence-corrected chi connectivity index (χ0v) is 15.6. The van der Waals surface area contributed by atoms with Crippen molar-refractivity contribution in [2.45, 2.75) is 24.3 Å². The van der Waals surface area contributed by atoms with E-state index in [2.05, 4.69) is 15.9 Å². The Balaban J connectivity index is 2.30. The van der Waals surface area contributed by atoms with Gasteiger partial charge in [0.1, 0.15) is 5.82 Å². The highest BCUT2D eigenvalue weighted by molar-refractivity contribution is 9.10. The van der Waals surface area contributed by atoms with Gasteiger partial charge < -0.3 is 5.11 Å². The van der Waals surface area contributed by atoms with E-state index >= 15 is 0 Å². The van der Waals surface area contributed by atoms with Crippen LogP contribution in [0.1, 0.15) is 18.4 Å². The first-order valence-electron chi connectivity index (χ1n) is 7.51. The number of nitrogens with zero attached hydrogens (tertiary/aromatic N) is 1. The van der Waals surface area contributed by atoms with Crippen molar-refractivity contribution < 1.29 is 22.7 Å². The highest BCUT2D eigenvalue weighted by Crippen LogP contribution is 2.22. The molecule has 134 valence electrons. The topological polar surface area (TPSA) is 74.7 Å². The minimum absolute atomic E-state index is 0.0148. The third kappa shape index (κ3) is 5.35. The highest BCUT2D eigenvalue weighted by atomic mass is 79.9. The molecule has 2 aromatic carbocycles. The van der Waals surface area contributed by atoms with Gasteiger partial charge >= 0.3 is 5.97 Å². The molecule has 5 nitrogen and oxygen atoms in total. The molecule has 0 aromatic heterocycles. The van der Waals surface area contributed by atoms with Crippen LogP contribution in [-0.2, 0) is 21.4 Å². The third-order valence-electron chi connectivity index (χ3n) is 3.55. The van der Waals surface area contributed by atoms with E-state index < -0.39 is 21.8 Å². The van der Waals surface area contributed by atoms with Gasteiger partial charge in [-0.25, -0.2) is 12.8 Å². The Morgan fingerprint density at radius 1 is 1.12 bits per heavy atom. The van der Waals surface area contributed by atoms with Crippen molar-refractivity contribution >= 4 is 31.9 Å². The van der Waals surface area contributed by atoms with Gasteiger partial charge in [-0.05, 0) is 36.8 Å². The molecule has 0 aliphatic rings. The minimum Gasteiger partial charge on any atom is -0.481 e. The smallest absolute Gasteiger partial charge is 0.303 e. The van der Waals surface area contributed by atoms with Crippen molar-refractivity contribution in [3.63, 3.8) is 0 Å². The number of carboxylic acids is 1. The Hall–Kier alpha value is -1.77. The van der Waals surface area contributed by atoms with Crippen LogP contribution in [0.25, 0.3) is 0 Å². The Morgan fingerprint density at radius 3 is 2.36 bits per heavy atom. The van der Waals surface area contributed by atoms with Crippen molar-refractivity contribution in [3.8, 4) is 0 Å². The van der Waals surface area contributed by atoms with Crippen molar-refractivity contribution in [2.75, 3.05) is 6.54 Å². The molecule has 0 fully saturated rings. The zero-order chi connectivity index (χ0) is 18.4. The monoisotopic (exact) mass is 429 g/mol. The van der Waals surface area contributed by atoms with E-state index in [0.29, 0.717) is 0 Å². The van der Waals surface area contributed by atoms with Crippen molar-refractivity contribution in [3.05, 3.63) is 64.4 Å². The van der Waals surface area contributed by atoms with Gasteiger partial charge in [-0.2, -0.15) is 4.31 Å². The van der Waals surface area contributed by atoms with Crippen LogP contribution in [0.4, 0.5) is 4.39 Å². The Kier molecular flexibility index (Phi) is 6.69. The molecule has 8 heteroatoms. The molecule has 2 aromatic rings. The molecule has 0 aliphatic carbocycles. The van der Waals surface area contributed by atoms with Crippen LogP contribution >= 0.6 is 15.9 Å². The first-order valence-corrected chi connectivity index (χ1v) is 9.75. The van der Waals surface area contributed by atoms with Crippen LogP contribution in [0.15, 0.2) is 57.9 Å². The molecule has 0 bridgehead atoms. The van der Waals surface area contributed by atoms with Crippen LogP contribution in [0.3, 0.4) is 0 Å². The van der Waals surface area contributed by atoms with Gasteiger partial charge in [-0.15, -0.1) is 0 Å². The first-order chi connectivity index (χ1) is 11.8. The number of halogens is 2. The predicted molar refractivity (Wildman–Crippen MR) is 95.0 cm³/mol. The summed E-state index contributed by atoms with van der Waals surface area (Å²) in [7, 11) is -3.88. The summed E-state index contributed by atoms with van der Waals surface area (Å²) in [5.74, 6) is -1.51. The molecule has 0 unspecified atom stereocenters. The molecule has 0 spiro atoms. The average Bonchev–Trinajstić information content (AvgIpc) is 2.55. The van der Waals surface area contributed by atoms with Crippen LogP contribution in [0, 0.1) is 5.82 Å². The number of benzene rings is 2. The number of aliphatic carboxylic acids is 1. The van der Waals surface area contributed by atoms with Crippen molar-refractivity contribution in [1.29, 1.82) is 0 Å². The van der Waals surface area contributed by atoms with Crippen LogP contribution in [0.2, 0.25) is 0 Å². The van der Waals surface area contributed by atoms with Gasteiger partial charge in [-0.1, -0.05) is 34.1 Å². The van der Waals surface area contributed by atoms with E-state index in [1.807, 2.05) is 0 Å². The van der Waals surface area contributed by atoms with Crippen LogP contribution in [-0.4, -0.2) is 30.3 Å². The molecule has 0 saturated heterocycles. The largest absolute Gasteiger partial charge is 0.481 e. The number of carboxylic acid groups (broad SMARTS) is 1. The number of hydrogen-bond acceptors (Lipinski definition) is 3. The van der Waals surface area contributed by atoms with Gasteiger partial charge in [0, 0.05) is 29.5 Å². The lowest BCUT2D eigenvalue weighted by molar-refractivity contribution is -0.137. The molecule has 0 heterocycles. The Bertz CT molecular complexity index is 840. The average molecular weight is 430 g/mol. The molecule has 0 atom stereocenters. The molecule has 2 rings (SSSR count). The van der Waals surface area contributed by atoms with E-state index in [0.717, 1.165) is 8.78 Å². The second-order valence-electron chi connectivity index (χ2n) is 5.38. The lowest BCUT2D eigenvalue weighted by Crippen LogP contribution is -2.32. The standard InChI is InChI=1S/C17H17BrFNO4S/c18-14-7-9-15(10-8-14)25(23,24)20(11-3-6-17(21)22)12-13-4-1-2-5-16(13)19/h1-2,4-5,7-10H,3,6,11-12H2,(H,21,22). The number of rotatable bonds is 8. The van der Waals surface area contributed by atoms with Crippen molar-refractivity contribution in [1.82, 2.24) is 4.31 Å². The highest BCUT2D eigenvalue weighted by Gasteiger charge is 2.25.